The van der Waals surface area contributed by atoms with Crippen LogP contribution in [0.15, 0.2) is 28.7 Å². The summed E-state index contributed by atoms with van der Waals surface area (Å²) >= 11 is 3.53. The van der Waals surface area contributed by atoms with Crippen LogP contribution >= 0.6 is 15.9 Å². The van der Waals surface area contributed by atoms with Gasteiger partial charge in [-0.2, -0.15) is 5.26 Å². The summed E-state index contributed by atoms with van der Waals surface area (Å²) in [6.07, 6.45) is 0. The van der Waals surface area contributed by atoms with Gasteiger partial charge in [0.25, 0.3) is 0 Å². The van der Waals surface area contributed by atoms with Crippen LogP contribution in [0, 0.1) is 24.2 Å². The lowest BCUT2D eigenvalue weighted by Crippen LogP contribution is -2.39. The summed E-state index contributed by atoms with van der Waals surface area (Å²) in [7, 11) is 0. The summed E-state index contributed by atoms with van der Waals surface area (Å²) in [6.45, 7) is 5.46. The average Bonchev–Trinajstić information content (AvgIpc) is 2.73. The Morgan fingerprint density at radius 3 is 2.61 bits per heavy atom. The van der Waals surface area contributed by atoms with Gasteiger partial charge in [0, 0.05) is 27.1 Å². The lowest BCUT2D eigenvalue weighted by atomic mass is 10.0. The molecule has 1 unspecified atom stereocenters. The van der Waals surface area contributed by atoms with Crippen molar-refractivity contribution in [3.63, 3.8) is 0 Å². The molecule has 0 spiro atoms. The minimum atomic E-state index is -1.29. The van der Waals surface area contributed by atoms with E-state index < -0.39 is 17.6 Å². The van der Waals surface area contributed by atoms with E-state index in [2.05, 4.69) is 21.2 Å². The second kappa shape index (κ2) is 6.97. The molecule has 0 saturated heterocycles. The number of aromatic nitrogens is 1. The largest absolute Gasteiger partial charge is 0.352 e. The van der Waals surface area contributed by atoms with Crippen molar-refractivity contribution in [1.82, 2.24) is 9.88 Å². The SMILES string of the molecule is Cc1c(Br)c2ccccc2n1CC(=O)C(C#N)C(=O)NC(C)C. The molecule has 0 radical (unpaired) electrons. The maximum Gasteiger partial charge on any atom is 0.245 e. The lowest BCUT2D eigenvalue weighted by molar-refractivity contribution is -0.132. The second-order valence-corrected chi connectivity index (χ2v) is 6.49. The number of ketones is 1. The molecule has 0 aliphatic rings. The van der Waals surface area contributed by atoms with Crippen LogP contribution in [0.25, 0.3) is 10.9 Å². The third-order valence-electron chi connectivity index (χ3n) is 3.61. The third-order valence-corrected chi connectivity index (χ3v) is 4.61. The van der Waals surface area contributed by atoms with Crippen LogP contribution in [0.3, 0.4) is 0 Å². The molecule has 0 aliphatic carbocycles. The highest BCUT2D eigenvalue weighted by Crippen LogP contribution is 2.30. The van der Waals surface area contributed by atoms with Gasteiger partial charge in [0.2, 0.25) is 5.91 Å². The molecule has 1 amide bonds. The number of hydrogen-bond acceptors (Lipinski definition) is 3. The van der Waals surface area contributed by atoms with E-state index >= 15 is 0 Å². The normalized spacial score (nSPS) is 12.2. The van der Waals surface area contributed by atoms with Crippen molar-refractivity contribution in [2.24, 2.45) is 5.92 Å². The molecule has 5 nitrogen and oxygen atoms in total. The number of nitrogens with zero attached hydrogens (tertiary/aromatic N) is 2. The molecular formula is C17H18BrN3O2. The Hall–Kier alpha value is -2.13. The van der Waals surface area contributed by atoms with Crippen molar-refractivity contribution in [3.8, 4) is 6.07 Å². The number of nitriles is 1. The van der Waals surface area contributed by atoms with Gasteiger partial charge < -0.3 is 9.88 Å². The minimum absolute atomic E-state index is 0.0122. The van der Waals surface area contributed by atoms with Gasteiger partial charge in [-0.1, -0.05) is 18.2 Å². The molecule has 0 bridgehead atoms. The Morgan fingerprint density at radius 2 is 2.00 bits per heavy atom. The predicted molar refractivity (Wildman–Crippen MR) is 91.8 cm³/mol. The van der Waals surface area contributed by atoms with Crippen LogP contribution in [0.1, 0.15) is 19.5 Å². The number of para-hydroxylation sites is 1. The van der Waals surface area contributed by atoms with Gasteiger partial charge in [-0.25, -0.2) is 0 Å². The molecule has 2 rings (SSSR count). The van der Waals surface area contributed by atoms with E-state index in [4.69, 9.17) is 0 Å². The number of halogens is 1. The van der Waals surface area contributed by atoms with Gasteiger partial charge in [-0.05, 0) is 42.8 Å². The van der Waals surface area contributed by atoms with Gasteiger partial charge in [0.05, 0.1) is 12.6 Å². The van der Waals surface area contributed by atoms with E-state index in [1.807, 2.05) is 41.8 Å². The third kappa shape index (κ3) is 3.45. The molecular weight excluding hydrogens is 358 g/mol. The summed E-state index contributed by atoms with van der Waals surface area (Å²) < 4.78 is 2.75. The zero-order chi connectivity index (χ0) is 17.1. The monoisotopic (exact) mass is 375 g/mol. The number of amides is 1. The zero-order valence-electron chi connectivity index (χ0n) is 13.3. The molecule has 1 heterocycles. The van der Waals surface area contributed by atoms with Gasteiger partial charge in [-0.3, -0.25) is 9.59 Å². The van der Waals surface area contributed by atoms with E-state index in [9.17, 15) is 14.9 Å². The number of rotatable bonds is 5. The van der Waals surface area contributed by atoms with Crippen LogP contribution in [0.4, 0.5) is 0 Å². The summed E-state index contributed by atoms with van der Waals surface area (Å²) in [4.78, 5) is 24.4. The first-order valence-electron chi connectivity index (χ1n) is 7.32. The van der Waals surface area contributed by atoms with Crippen LogP contribution in [-0.4, -0.2) is 22.3 Å². The highest BCUT2D eigenvalue weighted by atomic mass is 79.9. The predicted octanol–water partition coefficient (Wildman–Crippen LogP) is 2.95. The first kappa shape index (κ1) is 17.2. The van der Waals surface area contributed by atoms with Crippen LogP contribution in [-0.2, 0) is 16.1 Å². The Labute approximate surface area is 143 Å². The fourth-order valence-electron chi connectivity index (χ4n) is 2.48. The standard InChI is InChI=1S/C17H18BrN3O2/c1-10(2)20-17(23)13(8-19)15(22)9-21-11(3)16(18)12-6-4-5-7-14(12)21/h4-7,10,13H,9H2,1-3H3,(H,20,23). The van der Waals surface area contributed by atoms with Crippen LogP contribution in [0.5, 0.6) is 0 Å². The van der Waals surface area contributed by atoms with E-state index in [0.717, 1.165) is 21.1 Å². The number of benzene rings is 1. The molecule has 0 aliphatic heterocycles. The topological polar surface area (TPSA) is 74.9 Å². The van der Waals surface area contributed by atoms with Crippen molar-refractivity contribution in [1.29, 1.82) is 5.26 Å². The number of nitrogens with one attached hydrogen (secondary N) is 1. The van der Waals surface area contributed by atoms with Crippen molar-refractivity contribution in [3.05, 3.63) is 34.4 Å². The molecule has 120 valence electrons. The average molecular weight is 376 g/mol. The van der Waals surface area contributed by atoms with Crippen LogP contribution in [0.2, 0.25) is 0 Å². The Bertz CT molecular complexity index is 802. The fourth-order valence-corrected chi connectivity index (χ4v) is 3.03. The molecule has 1 atom stereocenters. The van der Waals surface area contributed by atoms with E-state index in [1.54, 1.807) is 13.8 Å². The van der Waals surface area contributed by atoms with Crippen molar-refractivity contribution >= 4 is 38.5 Å². The number of carbonyl (C=O) groups excluding carboxylic acids is 2. The molecule has 2 aromatic rings. The molecule has 1 aromatic carbocycles. The van der Waals surface area contributed by atoms with Crippen molar-refractivity contribution in [2.45, 2.75) is 33.4 Å². The van der Waals surface area contributed by atoms with Crippen LogP contribution < -0.4 is 5.32 Å². The molecule has 1 N–H and O–H groups in total. The molecule has 6 heteroatoms. The summed E-state index contributed by atoms with van der Waals surface area (Å²) in [5.74, 6) is -2.25. The molecule has 0 saturated carbocycles. The zero-order valence-corrected chi connectivity index (χ0v) is 14.8. The first-order chi connectivity index (χ1) is 10.9. The summed E-state index contributed by atoms with van der Waals surface area (Å²) in [5.41, 5.74) is 1.78. The first-order valence-corrected chi connectivity index (χ1v) is 8.12. The van der Waals surface area contributed by atoms with Gasteiger partial charge >= 0.3 is 0 Å². The van der Waals surface area contributed by atoms with Gasteiger partial charge in [0.15, 0.2) is 11.7 Å². The maximum absolute atomic E-state index is 12.5. The lowest BCUT2D eigenvalue weighted by Gasteiger charge is -2.13. The van der Waals surface area contributed by atoms with E-state index in [0.29, 0.717) is 0 Å². The summed E-state index contributed by atoms with van der Waals surface area (Å²) in [6, 6.07) is 9.39. The maximum atomic E-state index is 12.5. The van der Waals surface area contributed by atoms with E-state index in [-0.39, 0.29) is 12.6 Å². The number of hydrogen-bond donors (Lipinski definition) is 1. The number of carbonyl (C=O) groups is 2. The minimum Gasteiger partial charge on any atom is -0.352 e. The Balaban J connectivity index is 2.32. The molecule has 0 fully saturated rings. The molecule has 23 heavy (non-hydrogen) atoms. The smallest absolute Gasteiger partial charge is 0.245 e. The Morgan fingerprint density at radius 1 is 1.35 bits per heavy atom. The second-order valence-electron chi connectivity index (χ2n) is 5.69. The van der Waals surface area contributed by atoms with Crippen molar-refractivity contribution in [2.75, 3.05) is 0 Å². The van der Waals surface area contributed by atoms with Crippen molar-refractivity contribution < 1.29 is 9.59 Å². The summed E-state index contributed by atoms with van der Waals surface area (Å²) in [5, 5.41) is 12.8. The van der Waals surface area contributed by atoms with Gasteiger partial charge in [-0.15, -0.1) is 0 Å². The van der Waals surface area contributed by atoms with Gasteiger partial charge in [0.1, 0.15) is 0 Å². The Kier molecular flexibility index (Phi) is 5.22. The number of fused-ring (bicyclic) bond motifs is 1. The highest BCUT2D eigenvalue weighted by Gasteiger charge is 2.27. The fraction of sp³-hybridized carbons (Fsp3) is 0.353. The van der Waals surface area contributed by atoms with E-state index in [1.165, 1.54) is 0 Å². The highest BCUT2D eigenvalue weighted by molar-refractivity contribution is 9.10. The molecule has 1 aromatic heterocycles. The quantitative estimate of drug-likeness (QED) is 0.816. The number of Topliss-reactive ketones (excluding diaryl/α,β-unsaturated/α-hetero) is 1.